The fraction of sp³-hybridized carbons (Fsp3) is 0.243. The van der Waals surface area contributed by atoms with Crippen LogP contribution in [0.25, 0.3) is 0 Å². The second-order valence-electron chi connectivity index (χ2n) is 11.0. The molecule has 1 N–H and O–H groups in total. The van der Waals surface area contributed by atoms with Gasteiger partial charge in [0.1, 0.15) is 0 Å². The van der Waals surface area contributed by atoms with Gasteiger partial charge < -0.3 is 0 Å². The van der Waals surface area contributed by atoms with Crippen molar-refractivity contribution in [2.24, 2.45) is 0 Å². The van der Waals surface area contributed by atoms with Crippen LogP contribution in [0, 0.1) is 0 Å². The van der Waals surface area contributed by atoms with Gasteiger partial charge in [-0.2, -0.15) is 0 Å². The zero-order chi connectivity index (χ0) is 31.6. The van der Waals surface area contributed by atoms with Crippen molar-refractivity contribution in [1.82, 2.24) is 9.55 Å². The summed E-state index contributed by atoms with van der Waals surface area (Å²) in [6.45, 7) is 1.30. The van der Waals surface area contributed by atoms with Crippen molar-refractivity contribution in [2.75, 3.05) is 6.61 Å². The first-order valence-corrected chi connectivity index (χ1v) is 17.1. The molecule has 1 aliphatic heterocycles. The van der Waals surface area contributed by atoms with Crippen molar-refractivity contribution in [3.8, 4) is 0 Å². The van der Waals surface area contributed by atoms with E-state index in [1.54, 1.807) is 0 Å². The number of rotatable bonds is 13. The van der Waals surface area contributed by atoms with Gasteiger partial charge in [0, 0.05) is 0 Å². The van der Waals surface area contributed by atoms with E-state index in [-0.39, 0.29) is 26.4 Å². The number of benzene rings is 4. The Morgan fingerprint density at radius 3 is 1.74 bits per heavy atom. The molecule has 6 rings (SSSR count). The molecule has 236 valence electrons. The Bertz CT molecular complexity index is 1750. The van der Waals surface area contributed by atoms with Gasteiger partial charge >= 0.3 is 275 Å². The molecule has 9 heteroatoms. The Morgan fingerprint density at radius 1 is 0.652 bits per heavy atom. The summed E-state index contributed by atoms with van der Waals surface area (Å²) in [7, 11) is 0. The molecule has 1 saturated heterocycles. The van der Waals surface area contributed by atoms with Crippen LogP contribution in [0.1, 0.15) is 22.9 Å². The summed E-state index contributed by atoms with van der Waals surface area (Å²) in [4.78, 5) is 27.4. The molecule has 46 heavy (non-hydrogen) atoms. The first kappa shape index (κ1) is 31.9. The number of aromatic amines is 1. The average Bonchev–Trinajstić information content (AvgIpc) is 3.09. The van der Waals surface area contributed by atoms with E-state index >= 15 is 0 Å². The predicted molar refractivity (Wildman–Crippen MR) is 177 cm³/mol. The van der Waals surface area contributed by atoms with E-state index in [0.29, 0.717) is 19.8 Å². The fourth-order valence-corrected chi connectivity index (χ4v) is 8.20. The molecular formula is C37H36N2O6Se. The standard InChI is InChI=1S/C37H36N2O6Se/c40-32-21-22-39(37(41)38-32)36-35(46-30-19-11-4-12-20-30)34(44-25-29-17-9-3-10-18-29)33(43-24-28-15-7-2-8-16-28)31(45-36)26-42-23-27-13-5-1-6-14-27/h1-22,31,33-36H,23-26H2,(H,38,40,41)/t31-,33+,34+,35+,36+/m1/s1. The molecule has 1 fully saturated rings. The number of nitrogens with one attached hydrogen (secondary N) is 1. The van der Waals surface area contributed by atoms with Gasteiger partial charge in [-0.05, 0) is 0 Å². The maximum absolute atomic E-state index is 13.3. The summed E-state index contributed by atoms with van der Waals surface area (Å²) in [5.74, 6) is 0. The molecular weight excluding hydrogens is 647 g/mol. The van der Waals surface area contributed by atoms with Crippen molar-refractivity contribution in [2.45, 2.75) is 49.2 Å². The van der Waals surface area contributed by atoms with Crippen LogP contribution in [-0.2, 0) is 38.8 Å². The SMILES string of the molecule is O=c1ccn([C@H]2O[C@H](COCc3ccccc3)[C@H](OCc3ccccc3)[C@H](OCc3ccccc3)[C@@H]2[Se]c2ccccc2)c(=O)[nH]1. The third-order valence-corrected chi connectivity index (χ3v) is 10.5. The van der Waals surface area contributed by atoms with E-state index in [9.17, 15) is 9.59 Å². The van der Waals surface area contributed by atoms with Crippen molar-refractivity contribution in [1.29, 1.82) is 0 Å². The van der Waals surface area contributed by atoms with E-state index in [1.807, 2.05) is 109 Å². The van der Waals surface area contributed by atoms with E-state index in [2.05, 4.69) is 17.1 Å². The van der Waals surface area contributed by atoms with E-state index in [4.69, 9.17) is 18.9 Å². The first-order valence-electron chi connectivity index (χ1n) is 15.3. The summed E-state index contributed by atoms with van der Waals surface area (Å²) in [6, 6.07) is 41.4. The van der Waals surface area contributed by atoms with Gasteiger partial charge in [0.05, 0.1) is 0 Å². The van der Waals surface area contributed by atoms with Crippen LogP contribution in [0.3, 0.4) is 0 Å². The molecule has 1 aromatic heterocycles. The Balaban J connectivity index is 1.38. The number of H-pyrrole nitrogens is 1. The van der Waals surface area contributed by atoms with Crippen LogP contribution in [0.4, 0.5) is 0 Å². The quantitative estimate of drug-likeness (QED) is 0.182. The minimum atomic E-state index is -0.743. The van der Waals surface area contributed by atoms with Crippen LogP contribution >= 0.6 is 0 Å². The van der Waals surface area contributed by atoms with Gasteiger partial charge in [-0.3, -0.25) is 0 Å². The Kier molecular flexibility index (Phi) is 11.1. The molecule has 1 aliphatic rings. The van der Waals surface area contributed by atoms with Crippen LogP contribution in [-0.4, -0.2) is 49.4 Å². The fourth-order valence-electron chi connectivity index (χ4n) is 5.45. The third kappa shape index (κ3) is 8.39. The van der Waals surface area contributed by atoms with E-state index in [0.717, 1.165) is 21.2 Å². The van der Waals surface area contributed by atoms with Crippen LogP contribution in [0.2, 0.25) is 4.82 Å². The van der Waals surface area contributed by atoms with Gasteiger partial charge in [-0.1, -0.05) is 0 Å². The van der Waals surface area contributed by atoms with Gasteiger partial charge in [0.25, 0.3) is 0 Å². The monoisotopic (exact) mass is 684 g/mol. The zero-order valence-corrected chi connectivity index (χ0v) is 26.9. The molecule has 0 saturated carbocycles. The molecule has 0 radical (unpaired) electrons. The second kappa shape index (κ2) is 16.0. The predicted octanol–water partition coefficient (Wildman–Crippen LogP) is 4.64. The maximum atomic E-state index is 13.3. The summed E-state index contributed by atoms with van der Waals surface area (Å²) in [6.07, 6.45) is -0.828. The molecule has 4 aromatic carbocycles. The Morgan fingerprint density at radius 2 is 1.17 bits per heavy atom. The van der Waals surface area contributed by atoms with Gasteiger partial charge in [-0.25, -0.2) is 0 Å². The van der Waals surface area contributed by atoms with Crippen LogP contribution in [0.5, 0.6) is 0 Å². The number of hydrogen-bond acceptors (Lipinski definition) is 6. The van der Waals surface area contributed by atoms with Gasteiger partial charge in [0.15, 0.2) is 0 Å². The average molecular weight is 684 g/mol. The molecule has 0 bridgehead atoms. The van der Waals surface area contributed by atoms with E-state index in [1.165, 1.54) is 16.8 Å². The van der Waals surface area contributed by atoms with Crippen LogP contribution in [0.15, 0.2) is 143 Å². The molecule has 0 unspecified atom stereocenters. The molecule has 5 aromatic rings. The molecule has 0 aliphatic carbocycles. The number of aromatic nitrogens is 2. The van der Waals surface area contributed by atoms with Crippen molar-refractivity contribution in [3.05, 3.63) is 171 Å². The number of hydrogen-bond donors (Lipinski definition) is 1. The Labute approximate surface area is 274 Å². The van der Waals surface area contributed by atoms with Crippen molar-refractivity contribution < 1.29 is 18.9 Å². The van der Waals surface area contributed by atoms with Gasteiger partial charge in [-0.15, -0.1) is 0 Å². The minimum absolute atomic E-state index is 0.208. The summed E-state index contributed by atoms with van der Waals surface area (Å²) in [5, 5.41) is 0. The number of nitrogens with zero attached hydrogens (tertiary/aromatic N) is 1. The number of ether oxygens (including phenoxy) is 4. The van der Waals surface area contributed by atoms with E-state index < -0.39 is 35.8 Å². The molecule has 5 atom stereocenters. The van der Waals surface area contributed by atoms with Crippen LogP contribution < -0.4 is 15.7 Å². The van der Waals surface area contributed by atoms with Crippen molar-refractivity contribution >= 4 is 19.4 Å². The summed E-state index contributed by atoms with van der Waals surface area (Å²) in [5.41, 5.74) is 2.08. The molecule has 0 amide bonds. The van der Waals surface area contributed by atoms with Gasteiger partial charge in [0.2, 0.25) is 0 Å². The second-order valence-corrected chi connectivity index (χ2v) is 13.6. The van der Waals surface area contributed by atoms with Crippen molar-refractivity contribution in [3.63, 3.8) is 0 Å². The third-order valence-electron chi connectivity index (χ3n) is 7.71. The molecule has 8 nitrogen and oxygen atoms in total. The topological polar surface area (TPSA) is 91.8 Å². The first-order chi connectivity index (χ1) is 22.6. The normalized spacial score (nSPS) is 21.2. The molecule has 2 heterocycles. The molecule has 0 spiro atoms. The Hall–Kier alpha value is -4.08. The zero-order valence-electron chi connectivity index (χ0n) is 25.2. The summed E-state index contributed by atoms with van der Waals surface area (Å²) < 4.78 is 29.2. The summed E-state index contributed by atoms with van der Waals surface area (Å²) >= 11 is -0.215.